The van der Waals surface area contributed by atoms with E-state index in [0.717, 1.165) is 5.56 Å². The molecule has 0 radical (unpaired) electrons. The van der Waals surface area contributed by atoms with Gasteiger partial charge in [-0.15, -0.1) is 0 Å². The summed E-state index contributed by atoms with van der Waals surface area (Å²) in [6.07, 6.45) is 0.495. The molecule has 2 rings (SSSR count). The summed E-state index contributed by atoms with van der Waals surface area (Å²) in [7, 11) is 0. The topological polar surface area (TPSA) is 46.6 Å². The number of carbonyl (C=O) groups is 2. The van der Waals surface area contributed by atoms with Crippen molar-refractivity contribution in [2.75, 3.05) is 13.1 Å². The van der Waals surface area contributed by atoms with Gasteiger partial charge < -0.3 is 9.64 Å². The molecule has 0 bridgehead atoms. The first-order chi connectivity index (χ1) is 8.56. The van der Waals surface area contributed by atoms with Crippen LogP contribution in [0.1, 0.15) is 24.0 Å². The highest BCUT2D eigenvalue weighted by Gasteiger charge is 2.22. The molecule has 1 aliphatic heterocycles. The van der Waals surface area contributed by atoms with Gasteiger partial charge in [0.1, 0.15) is 11.5 Å². The fourth-order valence-electron chi connectivity index (χ4n) is 1.88. The molecule has 0 N–H and O–H groups in total. The van der Waals surface area contributed by atoms with Gasteiger partial charge in [-0.1, -0.05) is 6.07 Å². The number of nitrogens with zero attached hydrogens (tertiary/aromatic N) is 1. The smallest absolute Gasteiger partial charge is 0.410 e. The van der Waals surface area contributed by atoms with Gasteiger partial charge in [0.2, 0.25) is 0 Å². The number of hydrogen-bond acceptors (Lipinski definition) is 3. The molecule has 96 valence electrons. The minimum Gasteiger partial charge on any atom is -0.410 e. The Bertz CT molecular complexity index is 472. The van der Waals surface area contributed by atoms with E-state index in [4.69, 9.17) is 4.74 Å². The lowest BCUT2D eigenvalue weighted by atomic mass is 10.1. The molecule has 1 saturated heterocycles. The fraction of sp³-hybridized carbons (Fsp3) is 0.429. The molecule has 0 saturated carbocycles. The Kier molecular flexibility index (Phi) is 3.65. The summed E-state index contributed by atoms with van der Waals surface area (Å²) in [6, 6.07) is 5.56. The maximum absolute atomic E-state index is 11.9. The van der Waals surface area contributed by atoms with Crippen molar-refractivity contribution in [3.8, 4) is 5.75 Å². The third-order valence-corrected chi connectivity index (χ3v) is 3.26. The molecule has 4 heteroatoms. The largest absolute Gasteiger partial charge is 0.415 e. The summed E-state index contributed by atoms with van der Waals surface area (Å²) in [5.41, 5.74) is 2.26. The molecule has 4 nitrogen and oxygen atoms in total. The molecule has 1 aromatic rings. The normalized spacial score (nSPS) is 15.7. The van der Waals surface area contributed by atoms with E-state index in [0.29, 0.717) is 31.7 Å². The lowest BCUT2D eigenvalue weighted by Crippen LogP contribution is -2.40. The highest BCUT2D eigenvalue weighted by Crippen LogP contribution is 2.18. The van der Waals surface area contributed by atoms with E-state index in [2.05, 4.69) is 0 Å². The van der Waals surface area contributed by atoms with Crippen LogP contribution in [0.3, 0.4) is 0 Å². The van der Waals surface area contributed by atoms with Gasteiger partial charge >= 0.3 is 6.09 Å². The summed E-state index contributed by atoms with van der Waals surface area (Å²) in [4.78, 5) is 24.5. The molecular weight excluding hydrogens is 230 g/mol. The second kappa shape index (κ2) is 5.21. The quantitative estimate of drug-likeness (QED) is 0.765. The van der Waals surface area contributed by atoms with Crippen molar-refractivity contribution >= 4 is 11.9 Å². The van der Waals surface area contributed by atoms with Crippen molar-refractivity contribution in [1.29, 1.82) is 0 Å². The zero-order chi connectivity index (χ0) is 13.1. The zero-order valence-corrected chi connectivity index (χ0v) is 10.7. The Hall–Kier alpha value is -1.84. The molecule has 0 aromatic heterocycles. The first-order valence-electron chi connectivity index (χ1n) is 6.12. The zero-order valence-electron chi connectivity index (χ0n) is 10.7. The van der Waals surface area contributed by atoms with Crippen molar-refractivity contribution in [3.05, 3.63) is 29.3 Å². The minimum atomic E-state index is -0.370. The van der Waals surface area contributed by atoms with Gasteiger partial charge in [-0.2, -0.15) is 0 Å². The molecule has 0 unspecified atom stereocenters. The number of likely N-dealkylation sites (tertiary alicyclic amines) is 1. The summed E-state index contributed by atoms with van der Waals surface area (Å²) < 4.78 is 5.30. The molecule has 1 heterocycles. The molecule has 1 aliphatic rings. The Balaban J connectivity index is 1.98. The van der Waals surface area contributed by atoms with Gasteiger partial charge in [0, 0.05) is 25.9 Å². The van der Waals surface area contributed by atoms with Crippen molar-refractivity contribution in [2.45, 2.75) is 26.7 Å². The van der Waals surface area contributed by atoms with E-state index in [1.54, 1.807) is 11.0 Å². The van der Waals surface area contributed by atoms with E-state index in [-0.39, 0.29) is 11.9 Å². The predicted octanol–water partition coefficient (Wildman–Crippen LogP) is 2.47. The second-order valence-electron chi connectivity index (χ2n) is 4.64. The van der Waals surface area contributed by atoms with E-state index >= 15 is 0 Å². The van der Waals surface area contributed by atoms with Gasteiger partial charge in [-0.25, -0.2) is 4.79 Å². The summed E-state index contributed by atoms with van der Waals surface area (Å²) in [5, 5.41) is 0. The number of carbonyl (C=O) groups excluding carboxylic acids is 2. The fourth-order valence-corrected chi connectivity index (χ4v) is 1.88. The number of benzene rings is 1. The van der Waals surface area contributed by atoms with Crippen LogP contribution in [0.15, 0.2) is 18.2 Å². The Morgan fingerprint density at radius 3 is 2.44 bits per heavy atom. The van der Waals surface area contributed by atoms with Gasteiger partial charge in [0.15, 0.2) is 0 Å². The molecule has 18 heavy (non-hydrogen) atoms. The molecule has 0 spiro atoms. The first kappa shape index (κ1) is 12.6. The third kappa shape index (κ3) is 2.88. The highest BCUT2D eigenvalue weighted by molar-refractivity contribution is 5.81. The summed E-state index contributed by atoms with van der Waals surface area (Å²) in [5.74, 6) is 0.769. The van der Waals surface area contributed by atoms with Crippen LogP contribution < -0.4 is 4.74 Å². The van der Waals surface area contributed by atoms with Crippen LogP contribution in [0, 0.1) is 13.8 Å². The predicted molar refractivity (Wildman–Crippen MR) is 67.8 cm³/mol. The van der Waals surface area contributed by atoms with Crippen LogP contribution in [-0.4, -0.2) is 29.9 Å². The molecule has 1 amide bonds. The van der Waals surface area contributed by atoms with E-state index in [9.17, 15) is 9.59 Å². The van der Waals surface area contributed by atoms with Crippen LogP contribution in [0.5, 0.6) is 5.75 Å². The molecule has 1 aromatic carbocycles. The van der Waals surface area contributed by atoms with E-state index in [1.807, 2.05) is 26.0 Å². The van der Waals surface area contributed by atoms with Crippen molar-refractivity contribution in [1.82, 2.24) is 4.90 Å². The number of ketones is 1. The van der Waals surface area contributed by atoms with Crippen LogP contribution in [0.25, 0.3) is 0 Å². The van der Waals surface area contributed by atoms with Gasteiger partial charge in [0.25, 0.3) is 0 Å². The number of ether oxygens (including phenoxy) is 1. The minimum absolute atomic E-state index is 0.213. The first-order valence-corrected chi connectivity index (χ1v) is 6.12. The highest BCUT2D eigenvalue weighted by atomic mass is 16.6. The Morgan fingerprint density at radius 1 is 1.17 bits per heavy atom. The SMILES string of the molecule is Cc1ccc(OC(=O)N2CCC(=O)CC2)cc1C. The van der Waals surface area contributed by atoms with Crippen molar-refractivity contribution < 1.29 is 14.3 Å². The average Bonchev–Trinajstić information content (AvgIpc) is 2.34. The third-order valence-electron chi connectivity index (χ3n) is 3.26. The standard InChI is InChI=1S/C14H17NO3/c1-10-3-4-13(9-11(10)2)18-14(17)15-7-5-12(16)6-8-15/h3-4,9H,5-8H2,1-2H3. The van der Waals surface area contributed by atoms with Crippen molar-refractivity contribution in [2.24, 2.45) is 0 Å². The van der Waals surface area contributed by atoms with Crippen LogP contribution in [0.4, 0.5) is 4.79 Å². The number of aryl methyl sites for hydroxylation is 2. The van der Waals surface area contributed by atoms with Crippen LogP contribution in [-0.2, 0) is 4.79 Å². The number of rotatable bonds is 1. The second-order valence-corrected chi connectivity index (χ2v) is 4.64. The molecule has 1 fully saturated rings. The summed E-state index contributed by atoms with van der Waals surface area (Å²) >= 11 is 0. The number of amides is 1. The Labute approximate surface area is 107 Å². The van der Waals surface area contributed by atoms with E-state index < -0.39 is 0 Å². The van der Waals surface area contributed by atoms with Crippen molar-refractivity contribution in [3.63, 3.8) is 0 Å². The van der Waals surface area contributed by atoms with Gasteiger partial charge in [-0.05, 0) is 37.1 Å². The number of piperidine rings is 1. The van der Waals surface area contributed by atoms with Crippen LogP contribution >= 0.6 is 0 Å². The summed E-state index contributed by atoms with van der Waals surface area (Å²) in [6.45, 7) is 4.91. The number of hydrogen-bond donors (Lipinski definition) is 0. The Morgan fingerprint density at radius 2 is 1.83 bits per heavy atom. The maximum atomic E-state index is 11.9. The van der Waals surface area contributed by atoms with Gasteiger partial charge in [0.05, 0.1) is 0 Å². The molecular formula is C14H17NO3. The number of Topliss-reactive ketones (excluding diaryl/α,β-unsaturated/α-hetero) is 1. The van der Waals surface area contributed by atoms with Crippen LogP contribution in [0.2, 0.25) is 0 Å². The van der Waals surface area contributed by atoms with Gasteiger partial charge in [-0.3, -0.25) is 4.79 Å². The lowest BCUT2D eigenvalue weighted by molar-refractivity contribution is -0.121. The monoisotopic (exact) mass is 247 g/mol. The van der Waals surface area contributed by atoms with E-state index in [1.165, 1.54) is 5.56 Å². The average molecular weight is 247 g/mol. The maximum Gasteiger partial charge on any atom is 0.415 e. The lowest BCUT2D eigenvalue weighted by Gasteiger charge is -2.25. The molecule has 0 atom stereocenters. The molecule has 0 aliphatic carbocycles.